The molecule has 0 saturated carbocycles. The molecule has 0 radical (unpaired) electrons. The fraction of sp³-hybridized carbons (Fsp3) is 0.312. The molecule has 2 aromatic rings. The van der Waals surface area contributed by atoms with Gasteiger partial charge in [-0.2, -0.15) is 0 Å². The Morgan fingerprint density at radius 1 is 1.44 bits per heavy atom. The molecule has 1 aliphatic rings. The second-order valence-corrected chi connectivity index (χ2v) is 4.84. The number of hydrogen-bond donors (Lipinski definition) is 0. The highest BCUT2D eigenvalue weighted by Crippen LogP contribution is 2.37. The number of ether oxygens (including phenoxy) is 1. The van der Waals surface area contributed by atoms with Crippen LogP contribution in [-0.2, 0) is 12.8 Å². The highest BCUT2D eigenvalue weighted by atomic mass is 16.5. The van der Waals surface area contributed by atoms with Crippen LogP contribution in [0, 0.1) is 0 Å². The highest BCUT2D eigenvalue weighted by molar-refractivity contribution is 5.87. The number of nitrogens with zero attached hydrogens (tertiary/aromatic N) is 1. The van der Waals surface area contributed by atoms with E-state index in [9.17, 15) is 0 Å². The lowest BCUT2D eigenvalue weighted by molar-refractivity contribution is 0.257. The molecule has 1 aromatic heterocycles. The van der Waals surface area contributed by atoms with Gasteiger partial charge in [0.05, 0.1) is 5.52 Å². The van der Waals surface area contributed by atoms with Gasteiger partial charge >= 0.3 is 0 Å². The largest absolute Gasteiger partial charge is 0.489 e. The molecule has 2 nitrogen and oxygen atoms in total. The Kier molecular flexibility index (Phi) is 2.78. The number of allylic oxidation sites excluding steroid dienone is 1. The zero-order valence-electron chi connectivity index (χ0n) is 10.6. The molecule has 0 N–H and O–H groups in total. The minimum atomic E-state index is 0.259. The number of aryl methyl sites for hydroxylation is 1. The predicted octanol–water partition coefficient (Wildman–Crippen LogP) is 3.68. The van der Waals surface area contributed by atoms with Gasteiger partial charge in [-0.25, -0.2) is 0 Å². The number of fused-ring (bicyclic) bond motifs is 3. The van der Waals surface area contributed by atoms with Gasteiger partial charge in [0.2, 0.25) is 0 Å². The van der Waals surface area contributed by atoms with Crippen LogP contribution >= 0.6 is 0 Å². The predicted molar refractivity (Wildman–Crippen MR) is 74.1 cm³/mol. The van der Waals surface area contributed by atoms with E-state index in [1.165, 1.54) is 11.3 Å². The molecule has 0 bridgehead atoms. The van der Waals surface area contributed by atoms with Crippen molar-refractivity contribution in [2.75, 3.05) is 0 Å². The zero-order valence-corrected chi connectivity index (χ0v) is 10.6. The molecule has 92 valence electrons. The fourth-order valence-electron chi connectivity index (χ4n) is 2.59. The second kappa shape index (κ2) is 4.45. The van der Waals surface area contributed by atoms with Crippen LogP contribution in [0.1, 0.15) is 24.6 Å². The molecular weight excluding hydrogens is 222 g/mol. The summed E-state index contributed by atoms with van der Waals surface area (Å²) in [5.74, 6) is 1.05. The molecule has 1 aromatic carbocycles. The van der Waals surface area contributed by atoms with E-state index in [4.69, 9.17) is 9.72 Å². The Bertz CT molecular complexity index is 603. The molecular formula is C16H17NO. The van der Waals surface area contributed by atoms with E-state index in [2.05, 4.69) is 25.6 Å². The minimum Gasteiger partial charge on any atom is -0.489 e. The summed E-state index contributed by atoms with van der Waals surface area (Å²) in [5.41, 5.74) is 3.50. The van der Waals surface area contributed by atoms with Gasteiger partial charge in [-0.05, 0) is 31.9 Å². The van der Waals surface area contributed by atoms with Crippen molar-refractivity contribution in [1.82, 2.24) is 4.98 Å². The summed E-state index contributed by atoms with van der Waals surface area (Å²) in [6.07, 6.45) is 5.09. The Morgan fingerprint density at radius 3 is 3.11 bits per heavy atom. The summed E-state index contributed by atoms with van der Waals surface area (Å²) in [4.78, 5) is 4.79. The molecule has 0 saturated heterocycles. The van der Waals surface area contributed by atoms with Gasteiger partial charge < -0.3 is 4.74 Å². The van der Waals surface area contributed by atoms with E-state index in [1.54, 1.807) is 0 Å². The average Bonchev–Trinajstić information content (AvgIpc) is 2.78. The Hall–Kier alpha value is -1.83. The van der Waals surface area contributed by atoms with Gasteiger partial charge in [0.25, 0.3) is 0 Å². The summed E-state index contributed by atoms with van der Waals surface area (Å²) in [7, 11) is 0. The maximum Gasteiger partial charge on any atom is 0.134 e. The van der Waals surface area contributed by atoms with Crippen LogP contribution in [0.5, 0.6) is 5.75 Å². The van der Waals surface area contributed by atoms with Crippen LogP contribution in [0.15, 0.2) is 36.9 Å². The first-order valence-electron chi connectivity index (χ1n) is 6.47. The van der Waals surface area contributed by atoms with Gasteiger partial charge in [0, 0.05) is 23.1 Å². The summed E-state index contributed by atoms with van der Waals surface area (Å²) in [6, 6.07) is 8.22. The number of pyridine rings is 1. The minimum absolute atomic E-state index is 0.259. The van der Waals surface area contributed by atoms with E-state index in [0.29, 0.717) is 0 Å². The van der Waals surface area contributed by atoms with E-state index in [1.807, 2.05) is 18.2 Å². The third kappa shape index (κ3) is 1.78. The van der Waals surface area contributed by atoms with Crippen molar-refractivity contribution in [3.8, 4) is 5.75 Å². The Balaban J connectivity index is 2.19. The molecule has 1 atom stereocenters. The molecule has 2 heterocycles. The third-order valence-electron chi connectivity index (χ3n) is 3.42. The average molecular weight is 239 g/mol. The first-order valence-corrected chi connectivity index (χ1v) is 6.47. The summed E-state index contributed by atoms with van der Waals surface area (Å²) >= 11 is 0. The quantitative estimate of drug-likeness (QED) is 0.762. The van der Waals surface area contributed by atoms with Crippen molar-refractivity contribution in [2.24, 2.45) is 0 Å². The maximum atomic E-state index is 5.97. The second-order valence-electron chi connectivity index (χ2n) is 4.84. The zero-order chi connectivity index (χ0) is 12.5. The first-order chi connectivity index (χ1) is 8.79. The number of para-hydroxylation sites is 1. The smallest absolute Gasteiger partial charge is 0.134 e. The van der Waals surface area contributed by atoms with E-state index in [-0.39, 0.29) is 6.10 Å². The number of rotatable bonds is 3. The molecule has 0 aliphatic carbocycles. The summed E-state index contributed by atoms with van der Waals surface area (Å²) < 4.78 is 5.97. The lowest BCUT2D eigenvalue weighted by Crippen LogP contribution is -2.05. The first kappa shape index (κ1) is 11.3. The van der Waals surface area contributed by atoms with E-state index in [0.717, 1.165) is 35.9 Å². The number of hydrogen-bond acceptors (Lipinski definition) is 2. The van der Waals surface area contributed by atoms with Crippen molar-refractivity contribution < 1.29 is 4.74 Å². The third-order valence-corrected chi connectivity index (χ3v) is 3.42. The van der Waals surface area contributed by atoms with Gasteiger partial charge in [-0.3, -0.25) is 4.98 Å². The van der Waals surface area contributed by atoms with Crippen molar-refractivity contribution in [3.05, 3.63) is 48.2 Å². The number of benzene rings is 1. The van der Waals surface area contributed by atoms with Crippen LogP contribution in [0.4, 0.5) is 0 Å². The fourth-order valence-corrected chi connectivity index (χ4v) is 2.59. The molecule has 2 heteroatoms. The molecule has 0 amide bonds. The molecule has 18 heavy (non-hydrogen) atoms. The molecule has 1 aliphatic heterocycles. The molecule has 1 unspecified atom stereocenters. The van der Waals surface area contributed by atoms with Gasteiger partial charge in [-0.15, -0.1) is 6.58 Å². The normalized spacial score (nSPS) is 17.5. The van der Waals surface area contributed by atoms with Crippen LogP contribution in [0.25, 0.3) is 10.9 Å². The van der Waals surface area contributed by atoms with Crippen LogP contribution < -0.4 is 4.74 Å². The molecule has 0 spiro atoms. The van der Waals surface area contributed by atoms with Crippen LogP contribution in [0.2, 0.25) is 0 Å². The van der Waals surface area contributed by atoms with Crippen molar-refractivity contribution >= 4 is 10.9 Å². The monoisotopic (exact) mass is 239 g/mol. The Labute approximate surface area is 107 Å². The molecule has 0 fully saturated rings. The lowest BCUT2D eigenvalue weighted by atomic mass is 10.0. The summed E-state index contributed by atoms with van der Waals surface area (Å²) in [6.45, 7) is 5.90. The SMILES string of the molecule is C=CCCc1nc2ccccc2c2c1CC(C)O2. The van der Waals surface area contributed by atoms with Crippen LogP contribution in [0.3, 0.4) is 0 Å². The molecule has 3 rings (SSSR count). The van der Waals surface area contributed by atoms with E-state index < -0.39 is 0 Å². The van der Waals surface area contributed by atoms with E-state index >= 15 is 0 Å². The maximum absolute atomic E-state index is 5.97. The topological polar surface area (TPSA) is 22.1 Å². The van der Waals surface area contributed by atoms with Gasteiger partial charge in [-0.1, -0.05) is 18.2 Å². The van der Waals surface area contributed by atoms with Gasteiger partial charge in [0.1, 0.15) is 11.9 Å². The Morgan fingerprint density at radius 2 is 2.28 bits per heavy atom. The number of aromatic nitrogens is 1. The van der Waals surface area contributed by atoms with Crippen molar-refractivity contribution in [2.45, 2.75) is 32.3 Å². The highest BCUT2D eigenvalue weighted by Gasteiger charge is 2.25. The van der Waals surface area contributed by atoms with Crippen LogP contribution in [-0.4, -0.2) is 11.1 Å². The standard InChI is InChI=1S/C16H17NO/c1-3-4-8-15-13-10-11(2)18-16(13)12-7-5-6-9-14(12)17-15/h3,5-7,9,11H,1,4,8,10H2,2H3. The summed E-state index contributed by atoms with van der Waals surface area (Å²) in [5, 5.41) is 1.14. The lowest BCUT2D eigenvalue weighted by Gasteiger charge is -2.09. The van der Waals surface area contributed by atoms with Crippen molar-refractivity contribution in [1.29, 1.82) is 0 Å². The van der Waals surface area contributed by atoms with Crippen molar-refractivity contribution in [3.63, 3.8) is 0 Å². The van der Waals surface area contributed by atoms with Gasteiger partial charge in [0.15, 0.2) is 0 Å².